The van der Waals surface area contributed by atoms with Crippen molar-refractivity contribution in [3.8, 4) is 22.5 Å². The number of aryl methyl sites for hydroxylation is 1. The maximum atomic E-state index is 4.95. The summed E-state index contributed by atoms with van der Waals surface area (Å²) in [4.78, 5) is 4.95. The van der Waals surface area contributed by atoms with Crippen molar-refractivity contribution in [2.75, 3.05) is 0 Å². The number of hydrogen-bond donors (Lipinski definition) is 0. The van der Waals surface area contributed by atoms with Crippen molar-refractivity contribution >= 4 is 5.71 Å². The molecule has 0 spiro atoms. The lowest BCUT2D eigenvalue weighted by Crippen LogP contribution is -2.33. The van der Waals surface area contributed by atoms with E-state index in [1.165, 1.54) is 44.8 Å². The van der Waals surface area contributed by atoms with Gasteiger partial charge in [0, 0.05) is 39.7 Å². The molecule has 0 saturated carbocycles. The van der Waals surface area contributed by atoms with Gasteiger partial charge in [-0.2, -0.15) is 0 Å². The third-order valence-electron chi connectivity index (χ3n) is 7.56. The van der Waals surface area contributed by atoms with Gasteiger partial charge in [-0.05, 0) is 75.9 Å². The summed E-state index contributed by atoms with van der Waals surface area (Å²) < 4.78 is 2.58. The van der Waals surface area contributed by atoms with Crippen LogP contribution in [0.4, 0.5) is 0 Å². The van der Waals surface area contributed by atoms with Crippen LogP contribution >= 0.6 is 0 Å². The summed E-state index contributed by atoms with van der Waals surface area (Å²) in [6.07, 6.45) is 4.61. The Morgan fingerprint density at radius 1 is 0.861 bits per heavy atom. The summed E-state index contributed by atoms with van der Waals surface area (Å²) in [7, 11) is 0. The maximum absolute atomic E-state index is 4.95. The van der Waals surface area contributed by atoms with Crippen LogP contribution in [0.15, 0.2) is 102 Å². The molecule has 2 heterocycles. The molecule has 2 unspecified atom stereocenters. The van der Waals surface area contributed by atoms with Crippen LogP contribution < -0.4 is 0 Å². The molecule has 3 aromatic carbocycles. The van der Waals surface area contributed by atoms with Crippen molar-refractivity contribution in [2.24, 2.45) is 4.99 Å². The standard InChI is InChI=1S/C34H36N2/c1-7-22-34(6,30-19-13-12-16-27(30)25(5)35-23(2)3)33-29-18-11-10-17-28(29)32-21-20-31(36(32)33)26-15-9-8-14-24(26)4/h7-23,33H,1-6H3/b22-7-,35-25-. The van der Waals surface area contributed by atoms with E-state index in [0.29, 0.717) is 0 Å². The van der Waals surface area contributed by atoms with Crippen molar-refractivity contribution in [3.63, 3.8) is 0 Å². The molecule has 2 atom stereocenters. The van der Waals surface area contributed by atoms with Crippen molar-refractivity contribution in [2.45, 2.75) is 59.0 Å². The van der Waals surface area contributed by atoms with Gasteiger partial charge in [0.05, 0.1) is 6.04 Å². The number of allylic oxidation sites excluding steroid dienone is 2. The Balaban J connectivity index is 1.81. The molecule has 0 N–H and O–H groups in total. The Bertz CT molecular complexity index is 1470. The molecule has 0 saturated heterocycles. The molecule has 2 heteroatoms. The fourth-order valence-electron chi connectivity index (χ4n) is 6.12. The molecule has 182 valence electrons. The highest BCUT2D eigenvalue weighted by atomic mass is 15.1. The summed E-state index contributed by atoms with van der Waals surface area (Å²) >= 11 is 0. The van der Waals surface area contributed by atoms with Crippen molar-refractivity contribution in [3.05, 3.63) is 119 Å². The second-order valence-corrected chi connectivity index (χ2v) is 10.4. The molecule has 0 bridgehead atoms. The molecule has 1 aromatic heterocycles. The second-order valence-electron chi connectivity index (χ2n) is 10.4. The molecule has 0 aliphatic carbocycles. The van der Waals surface area contributed by atoms with Crippen LogP contribution in [0, 0.1) is 6.92 Å². The van der Waals surface area contributed by atoms with Crippen LogP contribution in [-0.2, 0) is 5.41 Å². The molecule has 1 aliphatic heterocycles. The topological polar surface area (TPSA) is 17.3 Å². The quantitative estimate of drug-likeness (QED) is 0.197. The average Bonchev–Trinajstić information content (AvgIpc) is 3.42. The van der Waals surface area contributed by atoms with Gasteiger partial charge in [-0.1, -0.05) is 84.9 Å². The number of benzene rings is 3. The van der Waals surface area contributed by atoms with E-state index in [1.807, 2.05) is 0 Å². The lowest BCUT2D eigenvalue weighted by atomic mass is 9.70. The van der Waals surface area contributed by atoms with Gasteiger partial charge < -0.3 is 4.57 Å². The number of hydrogen-bond acceptors (Lipinski definition) is 1. The molecule has 36 heavy (non-hydrogen) atoms. The predicted octanol–water partition coefficient (Wildman–Crippen LogP) is 8.78. The first-order valence-electron chi connectivity index (χ1n) is 13.0. The normalized spacial score (nSPS) is 16.9. The van der Waals surface area contributed by atoms with E-state index in [4.69, 9.17) is 4.99 Å². The zero-order chi connectivity index (χ0) is 25.4. The summed E-state index contributed by atoms with van der Waals surface area (Å²) in [5, 5.41) is 0. The van der Waals surface area contributed by atoms with Crippen molar-refractivity contribution < 1.29 is 0 Å². The minimum atomic E-state index is -0.295. The Labute approximate surface area is 216 Å². The average molecular weight is 473 g/mol. The second kappa shape index (κ2) is 9.43. The molecule has 0 fully saturated rings. The summed E-state index contributed by atoms with van der Waals surface area (Å²) in [5.74, 6) is 0. The number of aromatic nitrogens is 1. The minimum absolute atomic E-state index is 0.109. The Kier molecular flexibility index (Phi) is 6.30. The Morgan fingerprint density at radius 2 is 1.47 bits per heavy atom. The van der Waals surface area contributed by atoms with Crippen LogP contribution in [0.5, 0.6) is 0 Å². The molecule has 0 radical (unpaired) electrons. The van der Waals surface area contributed by atoms with Crippen LogP contribution in [0.1, 0.15) is 62.9 Å². The van der Waals surface area contributed by atoms with Gasteiger partial charge in [0.2, 0.25) is 0 Å². The largest absolute Gasteiger partial charge is 0.332 e. The SMILES string of the molecule is C/C=C\C(C)(c1ccccc1/C(C)=N\C(C)C)C1c2ccccc2-c2ccc(-c3ccccc3C)n21. The van der Waals surface area contributed by atoms with Gasteiger partial charge in [0.1, 0.15) is 0 Å². The van der Waals surface area contributed by atoms with E-state index in [1.54, 1.807) is 0 Å². The van der Waals surface area contributed by atoms with Crippen LogP contribution in [-0.4, -0.2) is 16.3 Å². The lowest BCUT2D eigenvalue weighted by Gasteiger charge is -2.38. The van der Waals surface area contributed by atoms with Gasteiger partial charge in [0.25, 0.3) is 0 Å². The number of rotatable bonds is 6. The number of fused-ring (bicyclic) bond motifs is 3. The molecule has 5 rings (SSSR count). The van der Waals surface area contributed by atoms with Gasteiger partial charge >= 0.3 is 0 Å². The van der Waals surface area contributed by atoms with Gasteiger partial charge in [-0.15, -0.1) is 0 Å². The molecule has 2 nitrogen and oxygen atoms in total. The fourth-order valence-corrected chi connectivity index (χ4v) is 6.12. The smallest absolute Gasteiger partial charge is 0.0727 e. The van der Waals surface area contributed by atoms with Crippen LogP contribution in [0.3, 0.4) is 0 Å². The van der Waals surface area contributed by atoms with Crippen molar-refractivity contribution in [1.29, 1.82) is 0 Å². The lowest BCUT2D eigenvalue weighted by molar-refractivity contribution is 0.424. The third-order valence-corrected chi connectivity index (χ3v) is 7.56. The summed E-state index contributed by atoms with van der Waals surface area (Å²) in [6.45, 7) is 13.2. The maximum Gasteiger partial charge on any atom is 0.0727 e. The highest BCUT2D eigenvalue weighted by Gasteiger charge is 2.44. The zero-order valence-electron chi connectivity index (χ0n) is 22.3. The van der Waals surface area contributed by atoms with E-state index in [2.05, 4.69) is 143 Å². The fraction of sp³-hybridized carbons (Fsp3) is 0.265. The molecular weight excluding hydrogens is 436 g/mol. The van der Waals surface area contributed by atoms with Crippen molar-refractivity contribution in [1.82, 2.24) is 4.57 Å². The van der Waals surface area contributed by atoms with Crippen LogP contribution in [0.2, 0.25) is 0 Å². The molecule has 1 aliphatic rings. The van der Waals surface area contributed by atoms with E-state index >= 15 is 0 Å². The van der Waals surface area contributed by atoms with Gasteiger partial charge in [-0.3, -0.25) is 4.99 Å². The minimum Gasteiger partial charge on any atom is -0.332 e. The van der Waals surface area contributed by atoms with Crippen LogP contribution in [0.25, 0.3) is 22.5 Å². The summed E-state index contributed by atoms with van der Waals surface area (Å²) in [5.41, 5.74) is 11.2. The third kappa shape index (κ3) is 3.86. The highest BCUT2D eigenvalue weighted by Crippen LogP contribution is 2.53. The first-order chi connectivity index (χ1) is 17.4. The molecule has 4 aromatic rings. The van der Waals surface area contributed by atoms with Gasteiger partial charge in [0.15, 0.2) is 0 Å². The first-order valence-corrected chi connectivity index (χ1v) is 13.0. The first kappa shape index (κ1) is 24.1. The zero-order valence-corrected chi connectivity index (χ0v) is 22.3. The van der Waals surface area contributed by atoms with E-state index in [9.17, 15) is 0 Å². The number of nitrogens with zero attached hydrogens (tertiary/aromatic N) is 2. The van der Waals surface area contributed by atoms with E-state index in [-0.39, 0.29) is 17.5 Å². The molecular formula is C34H36N2. The van der Waals surface area contributed by atoms with E-state index in [0.717, 1.165) is 5.71 Å². The number of aliphatic imine (C=N–C) groups is 1. The Hall–Kier alpha value is -3.65. The summed E-state index contributed by atoms with van der Waals surface area (Å²) in [6, 6.07) is 31.4. The van der Waals surface area contributed by atoms with E-state index < -0.39 is 0 Å². The molecule has 0 amide bonds. The monoisotopic (exact) mass is 472 g/mol. The Morgan fingerprint density at radius 3 is 2.17 bits per heavy atom. The predicted molar refractivity (Wildman–Crippen MR) is 154 cm³/mol. The highest BCUT2D eigenvalue weighted by molar-refractivity contribution is 6.00. The van der Waals surface area contributed by atoms with Gasteiger partial charge in [-0.25, -0.2) is 0 Å².